The highest BCUT2D eigenvalue weighted by Gasteiger charge is 2.38. The van der Waals surface area contributed by atoms with E-state index in [0.717, 1.165) is 42.0 Å². The Morgan fingerprint density at radius 1 is 1.38 bits per heavy atom. The molecule has 0 radical (unpaired) electrons. The minimum Gasteiger partial charge on any atom is -0.352 e. The first-order valence-corrected chi connectivity index (χ1v) is 7.60. The van der Waals surface area contributed by atoms with Crippen molar-refractivity contribution in [2.45, 2.75) is 55.2 Å². The van der Waals surface area contributed by atoms with E-state index < -0.39 is 17.3 Å². The van der Waals surface area contributed by atoms with Crippen LogP contribution in [0.25, 0.3) is 0 Å². The Kier molecular flexibility index (Phi) is 4.80. The third kappa shape index (κ3) is 3.90. The molecule has 118 valence electrons. The summed E-state index contributed by atoms with van der Waals surface area (Å²) in [5.41, 5.74) is 0. The van der Waals surface area contributed by atoms with Crippen LogP contribution in [0.1, 0.15) is 38.4 Å². The van der Waals surface area contributed by atoms with E-state index in [2.05, 4.69) is 15.5 Å². The van der Waals surface area contributed by atoms with Gasteiger partial charge >= 0.3 is 6.18 Å². The minimum absolute atomic E-state index is 0.0800. The molecule has 0 unspecified atom stereocenters. The predicted molar refractivity (Wildman–Crippen MR) is 71.7 cm³/mol. The molecule has 0 bridgehead atoms. The molecule has 0 spiro atoms. The second-order valence-corrected chi connectivity index (χ2v) is 6.42. The van der Waals surface area contributed by atoms with E-state index in [1.807, 2.05) is 0 Å². The monoisotopic (exact) mass is 322 g/mol. The minimum atomic E-state index is -4.55. The summed E-state index contributed by atoms with van der Waals surface area (Å²) in [5, 5.41) is 9.13. The summed E-state index contributed by atoms with van der Waals surface area (Å²) >= 11 is 0.976. The Morgan fingerprint density at radius 2 is 2.00 bits per heavy atom. The quantitative estimate of drug-likeness (QED) is 0.865. The molecule has 5 nitrogen and oxygen atoms in total. The molecule has 0 aromatic carbocycles. The highest BCUT2D eigenvalue weighted by atomic mass is 32.2. The van der Waals surface area contributed by atoms with E-state index in [1.165, 1.54) is 7.05 Å². The molecule has 1 heterocycles. The standard InChI is InChI=1S/C12H17F3N4OS/c1-7(9(20)16-8-5-3-4-6-8)21-11-18-17-10(19(11)2)12(13,14)15/h7-8H,3-6H2,1-2H3,(H,16,20)/t7-/m0/s1. The molecule has 1 atom stereocenters. The second-order valence-electron chi connectivity index (χ2n) is 5.11. The third-order valence-electron chi connectivity index (χ3n) is 3.44. The molecule has 1 N–H and O–H groups in total. The molecule has 1 amide bonds. The van der Waals surface area contributed by atoms with Crippen LogP contribution >= 0.6 is 11.8 Å². The molecular weight excluding hydrogens is 305 g/mol. The van der Waals surface area contributed by atoms with Crippen molar-refractivity contribution in [2.24, 2.45) is 7.05 Å². The number of nitrogens with zero attached hydrogens (tertiary/aromatic N) is 3. The van der Waals surface area contributed by atoms with Crippen LogP contribution in [-0.4, -0.2) is 32.0 Å². The van der Waals surface area contributed by atoms with E-state index in [1.54, 1.807) is 6.92 Å². The van der Waals surface area contributed by atoms with Crippen LogP contribution in [-0.2, 0) is 18.0 Å². The van der Waals surface area contributed by atoms with E-state index in [0.29, 0.717) is 0 Å². The topological polar surface area (TPSA) is 59.8 Å². The number of nitrogens with one attached hydrogen (secondary N) is 1. The molecule has 0 saturated heterocycles. The molecule has 2 rings (SSSR count). The number of carbonyl (C=O) groups excluding carboxylic acids is 1. The van der Waals surface area contributed by atoms with Gasteiger partial charge in [-0.05, 0) is 19.8 Å². The van der Waals surface area contributed by atoms with Crippen LogP contribution in [0.2, 0.25) is 0 Å². The largest absolute Gasteiger partial charge is 0.451 e. The van der Waals surface area contributed by atoms with Gasteiger partial charge in [0.05, 0.1) is 5.25 Å². The molecule has 1 fully saturated rings. The van der Waals surface area contributed by atoms with Crippen molar-refractivity contribution >= 4 is 17.7 Å². The molecule has 9 heteroatoms. The number of hydrogen-bond acceptors (Lipinski definition) is 4. The smallest absolute Gasteiger partial charge is 0.352 e. The maximum atomic E-state index is 12.6. The van der Waals surface area contributed by atoms with Gasteiger partial charge < -0.3 is 9.88 Å². The van der Waals surface area contributed by atoms with Crippen LogP contribution in [0, 0.1) is 0 Å². The van der Waals surface area contributed by atoms with Crippen LogP contribution in [0.15, 0.2) is 5.16 Å². The molecule has 0 aliphatic heterocycles. The lowest BCUT2D eigenvalue weighted by molar-refractivity contribution is -0.147. The molecule has 21 heavy (non-hydrogen) atoms. The lowest BCUT2D eigenvalue weighted by Gasteiger charge is -2.16. The molecule has 1 aromatic heterocycles. The van der Waals surface area contributed by atoms with Gasteiger partial charge in [-0.3, -0.25) is 4.79 Å². The Bertz CT molecular complexity index is 511. The number of amides is 1. The van der Waals surface area contributed by atoms with Gasteiger partial charge in [0.1, 0.15) is 0 Å². The summed E-state index contributed by atoms with van der Waals surface area (Å²) in [6.45, 7) is 1.65. The number of hydrogen-bond donors (Lipinski definition) is 1. The van der Waals surface area contributed by atoms with E-state index >= 15 is 0 Å². The average Bonchev–Trinajstić information content (AvgIpc) is 2.99. The van der Waals surface area contributed by atoms with Crippen molar-refractivity contribution in [3.8, 4) is 0 Å². The van der Waals surface area contributed by atoms with Gasteiger partial charge in [0.2, 0.25) is 11.7 Å². The number of thioether (sulfide) groups is 1. The number of halogens is 3. The zero-order chi connectivity index (χ0) is 15.6. The summed E-state index contributed by atoms with van der Waals surface area (Å²) in [5.74, 6) is -1.24. The number of aromatic nitrogens is 3. The number of rotatable bonds is 4. The maximum Gasteiger partial charge on any atom is 0.451 e. The van der Waals surface area contributed by atoms with Crippen molar-refractivity contribution in [3.05, 3.63) is 5.82 Å². The summed E-state index contributed by atoms with van der Waals surface area (Å²) in [6, 6.07) is 0.186. The van der Waals surface area contributed by atoms with Gasteiger partial charge in [0.25, 0.3) is 0 Å². The Hall–Kier alpha value is -1.25. The summed E-state index contributed by atoms with van der Waals surface area (Å²) in [4.78, 5) is 12.0. The summed E-state index contributed by atoms with van der Waals surface area (Å²) in [7, 11) is 1.24. The Labute approximate surface area is 124 Å². The van der Waals surface area contributed by atoms with Crippen molar-refractivity contribution in [1.82, 2.24) is 20.1 Å². The van der Waals surface area contributed by atoms with E-state index in [-0.39, 0.29) is 17.1 Å². The fourth-order valence-electron chi connectivity index (χ4n) is 2.26. The second kappa shape index (κ2) is 6.25. The lowest BCUT2D eigenvalue weighted by Crippen LogP contribution is -2.37. The fraction of sp³-hybridized carbons (Fsp3) is 0.750. The van der Waals surface area contributed by atoms with Gasteiger partial charge in [-0.2, -0.15) is 13.2 Å². The zero-order valence-corrected chi connectivity index (χ0v) is 12.6. The van der Waals surface area contributed by atoms with E-state index in [9.17, 15) is 18.0 Å². The molecule has 1 aliphatic rings. The molecule has 1 aromatic rings. The lowest BCUT2D eigenvalue weighted by atomic mass is 10.2. The highest BCUT2D eigenvalue weighted by molar-refractivity contribution is 8.00. The van der Waals surface area contributed by atoms with Crippen LogP contribution < -0.4 is 5.32 Å². The van der Waals surface area contributed by atoms with Gasteiger partial charge in [-0.1, -0.05) is 24.6 Å². The fourth-order valence-corrected chi connectivity index (χ4v) is 3.09. The van der Waals surface area contributed by atoms with Crippen LogP contribution in [0.3, 0.4) is 0 Å². The highest BCUT2D eigenvalue weighted by Crippen LogP contribution is 2.30. The van der Waals surface area contributed by atoms with Crippen molar-refractivity contribution in [2.75, 3.05) is 0 Å². The molecular formula is C12H17F3N4OS. The third-order valence-corrected chi connectivity index (χ3v) is 4.58. The predicted octanol–water partition coefficient (Wildman–Crippen LogP) is 2.37. The zero-order valence-electron chi connectivity index (χ0n) is 11.8. The molecule has 1 saturated carbocycles. The van der Waals surface area contributed by atoms with E-state index in [4.69, 9.17) is 0 Å². The first-order valence-electron chi connectivity index (χ1n) is 6.72. The first kappa shape index (κ1) is 16.1. The normalized spacial score (nSPS) is 18.0. The van der Waals surface area contributed by atoms with Crippen LogP contribution in [0.4, 0.5) is 13.2 Å². The Balaban J connectivity index is 1.97. The first-order chi connectivity index (χ1) is 9.79. The number of alkyl halides is 3. The summed E-state index contributed by atoms with van der Waals surface area (Å²) in [6.07, 6.45) is -0.415. The maximum absolute atomic E-state index is 12.6. The van der Waals surface area contributed by atoms with Gasteiger partial charge in [0.15, 0.2) is 5.16 Å². The number of carbonyl (C=O) groups is 1. The van der Waals surface area contributed by atoms with Crippen molar-refractivity contribution in [3.63, 3.8) is 0 Å². The summed E-state index contributed by atoms with van der Waals surface area (Å²) < 4.78 is 38.7. The van der Waals surface area contributed by atoms with Gasteiger partial charge in [-0.25, -0.2) is 0 Å². The SMILES string of the molecule is C[C@H](Sc1nnc(C(F)(F)F)n1C)C(=O)NC1CCCC1. The van der Waals surface area contributed by atoms with Gasteiger partial charge in [-0.15, -0.1) is 10.2 Å². The van der Waals surface area contributed by atoms with Crippen LogP contribution in [0.5, 0.6) is 0 Å². The van der Waals surface area contributed by atoms with Crippen molar-refractivity contribution < 1.29 is 18.0 Å². The Morgan fingerprint density at radius 3 is 2.52 bits per heavy atom. The van der Waals surface area contributed by atoms with Crippen molar-refractivity contribution in [1.29, 1.82) is 0 Å². The average molecular weight is 322 g/mol. The molecule has 1 aliphatic carbocycles. The van der Waals surface area contributed by atoms with Gasteiger partial charge in [0, 0.05) is 13.1 Å².